The molecular weight excluding hydrogens is 422 g/mol. The Morgan fingerprint density at radius 3 is 2.75 bits per heavy atom. The van der Waals surface area contributed by atoms with Crippen molar-refractivity contribution in [1.82, 2.24) is 15.1 Å². The van der Waals surface area contributed by atoms with Gasteiger partial charge in [0.05, 0.1) is 17.8 Å². The lowest BCUT2D eigenvalue weighted by atomic mass is 10.1. The molecule has 146 valence electrons. The summed E-state index contributed by atoms with van der Waals surface area (Å²) in [7, 11) is 1.61. The summed E-state index contributed by atoms with van der Waals surface area (Å²) in [5, 5.41) is 7.14. The van der Waals surface area contributed by atoms with Crippen molar-refractivity contribution in [1.29, 1.82) is 0 Å². The molecule has 0 aliphatic rings. The first-order chi connectivity index (χ1) is 13.7. The van der Waals surface area contributed by atoms with Gasteiger partial charge in [-0.15, -0.1) is 0 Å². The van der Waals surface area contributed by atoms with E-state index in [1.807, 2.05) is 53.3 Å². The lowest BCUT2D eigenvalue weighted by Crippen LogP contribution is -2.25. The number of rotatable bonds is 9. The van der Waals surface area contributed by atoms with Crippen LogP contribution in [0.5, 0.6) is 11.5 Å². The minimum absolute atomic E-state index is 0.0965. The summed E-state index contributed by atoms with van der Waals surface area (Å²) in [6, 6.07) is 14.9. The predicted molar refractivity (Wildman–Crippen MR) is 111 cm³/mol. The number of amides is 1. The number of hydrogen-bond donors (Lipinski definition) is 1. The Kier molecular flexibility index (Phi) is 7.08. The number of hydrogen-bond acceptors (Lipinski definition) is 4. The number of ether oxygens (including phenoxy) is 2. The van der Waals surface area contributed by atoms with Gasteiger partial charge in [0, 0.05) is 24.8 Å². The average molecular weight is 444 g/mol. The Hall–Kier alpha value is -2.80. The molecule has 0 spiro atoms. The molecule has 1 heterocycles. The first kappa shape index (κ1) is 19.9. The molecule has 1 amide bonds. The quantitative estimate of drug-likeness (QED) is 0.506. The number of halogens is 1. The number of methoxy groups -OCH3 is 1. The molecule has 6 nitrogen and oxygen atoms in total. The van der Waals surface area contributed by atoms with Gasteiger partial charge in [-0.1, -0.05) is 24.3 Å². The second-order valence-electron chi connectivity index (χ2n) is 6.17. The van der Waals surface area contributed by atoms with E-state index >= 15 is 0 Å². The van der Waals surface area contributed by atoms with E-state index in [9.17, 15) is 4.79 Å². The Morgan fingerprint density at radius 1 is 1.18 bits per heavy atom. The predicted octanol–water partition coefficient (Wildman–Crippen LogP) is 4.05. The SMILES string of the molecule is COc1ccccc1OCc1cccc(C(=O)NCCCn2cc(Br)cn2)c1. The van der Waals surface area contributed by atoms with E-state index in [1.165, 1.54) is 0 Å². The molecule has 0 aliphatic carbocycles. The molecule has 1 N–H and O–H groups in total. The smallest absolute Gasteiger partial charge is 0.251 e. The molecule has 0 saturated carbocycles. The molecule has 0 atom stereocenters. The summed E-state index contributed by atoms with van der Waals surface area (Å²) in [5.41, 5.74) is 1.53. The summed E-state index contributed by atoms with van der Waals surface area (Å²) < 4.78 is 13.9. The number of carbonyl (C=O) groups excluding carboxylic acids is 1. The van der Waals surface area contributed by atoms with Gasteiger partial charge in [0.1, 0.15) is 6.61 Å². The van der Waals surface area contributed by atoms with Crippen molar-refractivity contribution in [3.63, 3.8) is 0 Å². The maximum atomic E-state index is 12.4. The largest absolute Gasteiger partial charge is 0.493 e. The summed E-state index contributed by atoms with van der Waals surface area (Å²) in [6.07, 6.45) is 4.46. The molecule has 3 aromatic rings. The molecule has 28 heavy (non-hydrogen) atoms. The molecule has 2 aromatic carbocycles. The van der Waals surface area contributed by atoms with E-state index in [0.29, 0.717) is 30.2 Å². The van der Waals surface area contributed by atoms with Gasteiger partial charge in [-0.3, -0.25) is 9.48 Å². The van der Waals surface area contributed by atoms with Gasteiger partial charge in [0.2, 0.25) is 0 Å². The van der Waals surface area contributed by atoms with E-state index in [1.54, 1.807) is 19.4 Å². The highest BCUT2D eigenvalue weighted by Gasteiger charge is 2.08. The van der Waals surface area contributed by atoms with Crippen LogP contribution in [0.1, 0.15) is 22.3 Å². The topological polar surface area (TPSA) is 65.4 Å². The standard InChI is InChI=1S/C21H22BrN3O3/c1-27-19-8-2-3-9-20(19)28-15-16-6-4-7-17(12-16)21(26)23-10-5-11-25-14-18(22)13-24-25/h2-4,6-9,12-14H,5,10-11,15H2,1H3,(H,23,26). The maximum absolute atomic E-state index is 12.4. The van der Waals surface area contributed by atoms with Gasteiger partial charge >= 0.3 is 0 Å². The van der Waals surface area contributed by atoms with E-state index in [0.717, 1.165) is 23.0 Å². The fourth-order valence-corrected chi connectivity index (χ4v) is 3.04. The Balaban J connectivity index is 1.49. The van der Waals surface area contributed by atoms with Crippen molar-refractivity contribution in [3.8, 4) is 11.5 Å². The summed E-state index contributed by atoms with van der Waals surface area (Å²) in [6.45, 7) is 1.69. The zero-order valence-electron chi connectivity index (χ0n) is 15.6. The number of para-hydroxylation sites is 2. The molecule has 0 bridgehead atoms. The van der Waals surface area contributed by atoms with E-state index in [-0.39, 0.29) is 5.91 Å². The number of nitrogens with one attached hydrogen (secondary N) is 1. The Labute approximate surface area is 172 Å². The van der Waals surface area contributed by atoms with E-state index in [4.69, 9.17) is 9.47 Å². The molecule has 1 aromatic heterocycles. The highest BCUT2D eigenvalue weighted by Crippen LogP contribution is 2.26. The van der Waals surface area contributed by atoms with Crippen LogP contribution in [0.4, 0.5) is 0 Å². The van der Waals surface area contributed by atoms with Crippen molar-refractivity contribution < 1.29 is 14.3 Å². The number of nitrogens with zero attached hydrogens (tertiary/aromatic N) is 2. The molecule has 0 saturated heterocycles. The lowest BCUT2D eigenvalue weighted by molar-refractivity contribution is 0.0952. The van der Waals surface area contributed by atoms with Crippen LogP contribution in [-0.4, -0.2) is 29.3 Å². The molecule has 0 aliphatic heterocycles. The molecule has 0 fully saturated rings. The fourth-order valence-electron chi connectivity index (χ4n) is 2.71. The van der Waals surface area contributed by atoms with Gasteiger partial charge in [0.15, 0.2) is 11.5 Å². The number of aryl methyl sites for hydroxylation is 1. The highest BCUT2D eigenvalue weighted by molar-refractivity contribution is 9.10. The minimum atomic E-state index is -0.0965. The molecular formula is C21H22BrN3O3. The van der Waals surface area contributed by atoms with Crippen LogP contribution in [0.15, 0.2) is 65.4 Å². The fraction of sp³-hybridized carbons (Fsp3) is 0.238. The summed E-state index contributed by atoms with van der Waals surface area (Å²) >= 11 is 3.37. The molecule has 7 heteroatoms. The first-order valence-electron chi connectivity index (χ1n) is 8.96. The molecule has 0 radical (unpaired) electrons. The maximum Gasteiger partial charge on any atom is 0.251 e. The Bertz CT molecular complexity index is 927. The van der Waals surface area contributed by atoms with Crippen LogP contribution in [0.25, 0.3) is 0 Å². The third-order valence-electron chi connectivity index (χ3n) is 4.10. The monoisotopic (exact) mass is 443 g/mol. The third kappa shape index (κ3) is 5.60. The van der Waals surface area contributed by atoms with E-state index < -0.39 is 0 Å². The zero-order valence-corrected chi connectivity index (χ0v) is 17.2. The van der Waals surface area contributed by atoms with Crippen LogP contribution in [0.3, 0.4) is 0 Å². The van der Waals surface area contributed by atoms with Crippen LogP contribution in [-0.2, 0) is 13.2 Å². The van der Waals surface area contributed by atoms with Gasteiger partial charge in [-0.05, 0) is 52.2 Å². The van der Waals surface area contributed by atoms with Crippen molar-refractivity contribution in [2.75, 3.05) is 13.7 Å². The van der Waals surface area contributed by atoms with Gasteiger partial charge in [-0.25, -0.2) is 0 Å². The van der Waals surface area contributed by atoms with Crippen LogP contribution in [0, 0.1) is 0 Å². The van der Waals surface area contributed by atoms with Crippen LogP contribution < -0.4 is 14.8 Å². The highest BCUT2D eigenvalue weighted by atomic mass is 79.9. The second-order valence-corrected chi connectivity index (χ2v) is 7.09. The summed E-state index contributed by atoms with van der Waals surface area (Å²) in [5.74, 6) is 1.26. The lowest BCUT2D eigenvalue weighted by Gasteiger charge is -2.11. The number of benzene rings is 2. The van der Waals surface area contributed by atoms with Crippen LogP contribution >= 0.6 is 15.9 Å². The normalized spacial score (nSPS) is 10.5. The number of aromatic nitrogens is 2. The van der Waals surface area contributed by atoms with Crippen molar-refractivity contribution in [3.05, 3.63) is 76.5 Å². The van der Waals surface area contributed by atoms with Gasteiger partial charge < -0.3 is 14.8 Å². The van der Waals surface area contributed by atoms with Crippen molar-refractivity contribution >= 4 is 21.8 Å². The molecule has 3 rings (SSSR count). The average Bonchev–Trinajstić information content (AvgIpc) is 3.15. The van der Waals surface area contributed by atoms with Gasteiger partial charge in [0.25, 0.3) is 5.91 Å². The molecule has 0 unspecified atom stereocenters. The third-order valence-corrected chi connectivity index (χ3v) is 4.51. The minimum Gasteiger partial charge on any atom is -0.493 e. The van der Waals surface area contributed by atoms with Gasteiger partial charge in [-0.2, -0.15) is 5.10 Å². The van der Waals surface area contributed by atoms with Crippen molar-refractivity contribution in [2.24, 2.45) is 0 Å². The van der Waals surface area contributed by atoms with Crippen molar-refractivity contribution in [2.45, 2.75) is 19.6 Å². The summed E-state index contributed by atoms with van der Waals surface area (Å²) in [4.78, 5) is 12.4. The number of carbonyl (C=O) groups is 1. The first-order valence-corrected chi connectivity index (χ1v) is 9.76. The van der Waals surface area contributed by atoms with Crippen LogP contribution in [0.2, 0.25) is 0 Å². The van der Waals surface area contributed by atoms with E-state index in [2.05, 4.69) is 26.3 Å². The zero-order chi connectivity index (χ0) is 19.8. The second kappa shape index (κ2) is 9.94. The Morgan fingerprint density at radius 2 is 2.00 bits per heavy atom.